The van der Waals surface area contributed by atoms with Crippen LogP contribution in [0.25, 0.3) is 43.3 Å². The van der Waals surface area contributed by atoms with Crippen molar-refractivity contribution in [2.24, 2.45) is 4.99 Å². The molecular weight excluding hydrogens is 559 g/mol. The van der Waals surface area contributed by atoms with Gasteiger partial charge in [-0.3, -0.25) is 4.99 Å². The number of anilines is 1. The number of fused-ring (bicyclic) bond motifs is 2. The van der Waals surface area contributed by atoms with Gasteiger partial charge in [0.25, 0.3) is 0 Å². The molecule has 0 fully saturated rings. The highest BCUT2D eigenvalue weighted by Gasteiger charge is 2.36. The highest BCUT2D eigenvalue weighted by atomic mass is 16.6. The quantitative estimate of drug-likeness (QED) is 0.0801. The van der Waals surface area contributed by atoms with Crippen molar-refractivity contribution >= 4 is 67.8 Å². The molecule has 0 spiro atoms. The van der Waals surface area contributed by atoms with E-state index in [4.69, 9.17) is 13.7 Å². The SMILES string of the molecule is CCN(CC)c1ccc2cc(C=NCCc3ccc4c(c3)OB(c3ccc5ccc6cccc7ccc3c5c67)O4)c(=O)oc2c1. The predicted octanol–water partition coefficient (Wildman–Crippen LogP) is 7.36. The van der Waals surface area contributed by atoms with Crippen molar-refractivity contribution in [3.05, 3.63) is 119 Å². The average molecular weight is 590 g/mol. The number of benzene rings is 6. The van der Waals surface area contributed by atoms with Gasteiger partial charge in [-0.15, -0.1) is 0 Å². The number of aliphatic imine (C=N–C) groups is 1. The van der Waals surface area contributed by atoms with E-state index in [1.165, 1.54) is 26.9 Å². The normalized spacial score (nSPS) is 12.9. The summed E-state index contributed by atoms with van der Waals surface area (Å²) in [5, 5.41) is 8.22. The van der Waals surface area contributed by atoms with Gasteiger partial charge in [-0.25, -0.2) is 4.79 Å². The Morgan fingerprint density at radius 2 is 1.49 bits per heavy atom. The van der Waals surface area contributed by atoms with Crippen molar-refractivity contribution in [1.29, 1.82) is 0 Å². The van der Waals surface area contributed by atoms with Gasteiger partial charge < -0.3 is 18.6 Å². The Morgan fingerprint density at radius 3 is 2.31 bits per heavy atom. The second kappa shape index (κ2) is 11.0. The largest absolute Gasteiger partial charge is 0.633 e. The molecule has 7 heteroatoms. The van der Waals surface area contributed by atoms with Crippen LogP contribution in [0.3, 0.4) is 0 Å². The number of hydrogen-bond acceptors (Lipinski definition) is 6. The Hall–Kier alpha value is -5.30. The maximum absolute atomic E-state index is 12.7. The Bertz CT molecular complexity index is 2290. The Balaban J connectivity index is 0.980. The molecule has 6 aromatic carbocycles. The first-order chi connectivity index (χ1) is 22.1. The molecule has 0 N–H and O–H groups in total. The molecule has 0 saturated heterocycles. The van der Waals surface area contributed by atoms with E-state index in [0.29, 0.717) is 24.1 Å². The first-order valence-corrected chi connectivity index (χ1v) is 15.5. The van der Waals surface area contributed by atoms with Crippen LogP contribution >= 0.6 is 0 Å². The molecule has 1 aromatic heterocycles. The van der Waals surface area contributed by atoms with Crippen LogP contribution in [0.5, 0.6) is 11.5 Å². The van der Waals surface area contributed by atoms with Gasteiger partial charge in [0.1, 0.15) is 17.1 Å². The molecule has 0 atom stereocenters. The van der Waals surface area contributed by atoms with E-state index in [2.05, 4.69) is 84.4 Å². The maximum atomic E-state index is 12.7. The minimum absolute atomic E-state index is 0.385. The van der Waals surface area contributed by atoms with E-state index in [-0.39, 0.29) is 5.63 Å². The summed E-state index contributed by atoms with van der Waals surface area (Å²) in [5.41, 5.74) is 3.79. The van der Waals surface area contributed by atoms with E-state index in [0.717, 1.165) is 52.1 Å². The molecule has 1 aliphatic heterocycles. The first-order valence-electron chi connectivity index (χ1n) is 15.5. The van der Waals surface area contributed by atoms with Crippen LogP contribution in [-0.4, -0.2) is 33.0 Å². The molecule has 0 saturated carbocycles. The second-order valence-corrected chi connectivity index (χ2v) is 11.5. The van der Waals surface area contributed by atoms with Crippen LogP contribution < -0.4 is 25.3 Å². The van der Waals surface area contributed by atoms with Gasteiger partial charge in [0.05, 0.1) is 5.56 Å². The summed E-state index contributed by atoms with van der Waals surface area (Å²) in [7, 11) is -0.520. The van der Waals surface area contributed by atoms with Crippen molar-refractivity contribution in [3.63, 3.8) is 0 Å². The summed E-state index contributed by atoms with van der Waals surface area (Å²) in [6, 6.07) is 33.3. The lowest BCUT2D eigenvalue weighted by molar-refractivity contribution is 0.519. The van der Waals surface area contributed by atoms with Crippen LogP contribution in [0.4, 0.5) is 5.69 Å². The zero-order valence-electron chi connectivity index (χ0n) is 25.2. The third-order valence-corrected chi connectivity index (χ3v) is 8.93. The summed E-state index contributed by atoms with van der Waals surface area (Å²) in [6.07, 6.45) is 2.31. The third-order valence-electron chi connectivity index (χ3n) is 8.93. The molecule has 2 heterocycles. The van der Waals surface area contributed by atoms with Crippen molar-refractivity contribution in [1.82, 2.24) is 0 Å². The first kappa shape index (κ1) is 27.3. The highest BCUT2D eigenvalue weighted by molar-refractivity contribution is 6.67. The summed E-state index contributed by atoms with van der Waals surface area (Å²) < 4.78 is 18.3. The Kier molecular flexibility index (Phi) is 6.67. The third kappa shape index (κ3) is 4.76. The lowest BCUT2D eigenvalue weighted by atomic mass is 9.75. The molecule has 0 radical (unpaired) electrons. The van der Waals surface area contributed by atoms with Crippen molar-refractivity contribution in [2.75, 3.05) is 24.5 Å². The predicted molar refractivity (Wildman–Crippen MR) is 185 cm³/mol. The van der Waals surface area contributed by atoms with E-state index >= 15 is 0 Å². The van der Waals surface area contributed by atoms with E-state index < -0.39 is 7.12 Å². The molecule has 7 aromatic rings. The van der Waals surface area contributed by atoms with Gasteiger partial charge in [-0.2, -0.15) is 0 Å². The molecule has 0 aliphatic carbocycles. The lowest BCUT2D eigenvalue weighted by Crippen LogP contribution is -2.39. The standard InChI is InChI=1S/C38H31BN2O4/c1-3-41(4-2)30-14-11-28-21-29(38(42)43-34(28)22-30)23-40-19-18-24-8-17-33-35(20-24)45-39(44-33)32-16-13-27-10-9-25-6-5-7-26-12-15-31(32)37(27)36(25)26/h5-17,20-23H,3-4,18-19H2,1-2H3. The zero-order chi connectivity index (χ0) is 30.5. The van der Waals surface area contributed by atoms with Crippen LogP contribution in [0.15, 0.2) is 111 Å². The van der Waals surface area contributed by atoms with Gasteiger partial charge in [-0.1, -0.05) is 60.7 Å². The minimum atomic E-state index is -0.520. The van der Waals surface area contributed by atoms with Crippen molar-refractivity contribution in [2.45, 2.75) is 20.3 Å². The Morgan fingerprint density at radius 1 is 0.756 bits per heavy atom. The maximum Gasteiger partial charge on any atom is 0.633 e. The fourth-order valence-corrected chi connectivity index (χ4v) is 6.59. The van der Waals surface area contributed by atoms with Crippen LogP contribution in [0.1, 0.15) is 25.0 Å². The van der Waals surface area contributed by atoms with Gasteiger partial charge in [0.15, 0.2) is 0 Å². The van der Waals surface area contributed by atoms with Crippen molar-refractivity contribution in [3.8, 4) is 11.5 Å². The zero-order valence-corrected chi connectivity index (χ0v) is 25.2. The summed E-state index contributed by atoms with van der Waals surface area (Å²) in [4.78, 5) is 19.4. The second-order valence-electron chi connectivity index (χ2n) is 11.5. The number of hydrogen-bond donors (Lipinski definition) is 0. The molecule has 0 amide bonds. The summed E-state index contributed by atoms with van der Waals surface area (Å²) in [5.74, 6) is 1.46. The van der Waals surface area contributed by atoms with Crippen LogP contribution in [-0.2, 0) is 6.42 Å². The monoisotopic (exact) mass is 590 g/mol. The topological polar surface area (TPSA) is 64.3 Å². The van der Waals surface area contributed by atoms with E-state index in [9.17, 15) is 4.79 Å². The van der Waals surface area contributed by atoms with Crippen molar-refractivity contribution < 1.29 is 13.7 Å². The van der Waals surface area contributed by atoms with Gasteiger partial charge in [0, 0.05) is 48.5 Å². The molecule has 0 unspecified atom stereocenters. The smallest absolute Gasteiger partial charge is 0.519 e. The van der Waals surface area contributed by atoms with Gasteiger partial charge in [0.2, 0.25) is 0 Å². The molecule has 8 rings (SSSR count). The van der Waals surface area contributed by atoms with Crippen LogP contribution in [0.2, 0.25) is 0 Å². The summed E-state index contributed by atoms with van der Waals surface area (Å²) in [6.45, 7) is 6.53. The number of nitrogens with zero attached hydrogens (tertiary/aromatic N) is 2. The average Bonchev–Trinajstić information content (AvgIpc) is 3.49. The highest BCUT2D eigenvalue weighted by Crippen LogP contribution is 2.37. The Labute approximate surface area is 261 Å². The molecular formula is C38H31BN2O4. The van der Waals surface area contributed by atoms with Crippen LogP contribution in [0, 0.1) is 0 Å². The molecule has 1 aliphatic rings. The van der Waals surface area contributed by atoms with Gasteiger partial charge in [-0.05, 0) is 88.5 Å². The lowest BCUT2D eigenvalue weighted by Gasteiger charge is -2.20. The van der Waals surface area contributed by atoms with E-state index in [1.807, 2.05) is 36.4 Å². The number of rotatable bonds is 8. The minimum Gasteiger partial charge on any atom is -0.519 e. The molecule has 45 heavy (non-hydrogen) atoms. The molecule has 6 nitrogen and oxygen atoms in total. The van der Waals surface area contributed by atoms with Gasteiger partial charge >= 0.3 is 12.7 Å². The van der Waals surface area contributed by atoms with E-state index in [1.54, 1.807) is 6.21 Å². The molecule has 0 bridgehead atoms. The summed E-state index contributed by atoms with van der Waals surface area (Å²) >= 11 is 0. The fourth-order valence-electron chi connectivity index (χ4n) is 6.59. The molecule has 220 valence electrons. The fraction of sp³-hybridized carbons (Fsp3) is 0.158.